The number of nitrogens with one attached hydrogen (secondary N) is 1. The molecule has 0 aliphatic carbocycles. The van der Waals surface area contributed by atoms with E-state index in [4.69, 9.17) is 4.74 Å². The van der Waals surface area contributed by atoms with Gasteiger partial charge in [0.15, 0.2) is 0 Å². The largest absolute Gasteiger partial charge is 0.480 e. The lowest BCUT2D eigenvalue weighted by Gasteiger charge is -2.53. The van der Waals surface area contributed by atoms with Crippen molar-refractivity contribution in [3.8, 4) is 0 Å². The third kappa shape index (κ3) is 3.75. The van der Waals surface area contributed by atoms with Gasteiger partial charge in [0.05, 0.1) is 24.1 Å². The highest BCUT2D eigenvalue weighted by molar-refractivity contribution is 5.96. The van der Waals surface area contributed by atoms with Crippen molar-refractivity contribution in [1.29, 1.82) is 0 Å². The number of aromatic nitrogens is 2. The van der Waals surface area contributed by atoms with Gasteiger partial charge < -0.3 is 19.7 Å². The van der Waals surface area contributed by atoms with E-state index in [1.165, 1.54) is 9.80 Å². The van der Waals surface area contributed by atoms with Crippen molar-refractivity contribution in [1.82, 2.24) is 19.8 Å². The maximum Gasteiger partial charge on any atom is 0.411 e. The molecule has 3 heterocycles. The topological polar surface area (TPSA) is 116 Å². The molecule has 4 atom stereocenters. The summed E-state index contributed by atoms with van der Waals surface area (Å²) in [5, 5.41) is 9.78. The van der Waals surface area contributed by atoms with Crippen LogP contribution in [0, 0.1) is 5.92 Å². The lowest BCUT2D eigenvalue weighted by molar-refractivity contribution is -0.174. The molecule has 2 aliphatic rings. The van der Waals surface area contributed by atoms with E-state index in [-0.39, 0.29) is 24.5 Å². The number of aromatic amines is 1. The van der Waals surface area contributed by atoms with Gasteiger partial charge in [0.2, 0.25) is 5.91 Å². The van der Waals surface area contributed by atoms with Gasteiger partial charge in [-0.25, -0.2) is 14.6 Å². The number of carbonyl (C=O) groups excluding carboxylic acids is 2. The number of imidazole rings is 1. The summed E-state index contributed by atoms with van der Waals surface area (Å²) in [4.78, 5) is 47.9. The Hall–Kier alpha value is -3.36. The van der Waals surface area contributed by atoms with Crippen molar-refractivity contribution in [3.05, 3.63) is 54.1 Å². The molecule has 2 aromatic rings. The van der Waals surface area contributed by atoms with Gasteiger partial charge in [-0.05, 0) is 24.3 Å². The van der Waals surface area contributed by atoms with Gasteiger partial charge >= 0.3 is 12.1 Å². The Morgan fingerprint density at radius 3 is 2.65 bits per heavy atom. The van der Waals surface area contributed by atoms with Gasteiger partial charge in [-0.3, -0.25) is 9.69 Å². The first-order valence-corrected chi connectivity index (χ1v) is 10.4. The minimum atomic E-state index is -1.05. The molecule has 2 amide bonds. The number of rotatable bonds is 8. The number of aliphatic carboxylic acids is 1. The first kappa shape index (κ1) is 20.9. The van der Waals surface area contributed by atoms with E-state index in [0.29, 0.717) is 12.8 Å². The molecular weight excluding hydrogens is 400 g/mol. The minimum absolute atomic E-state index is 0.158. The molecule has 0 bridgehead atoms. The number of hydrogen-bond donors (Lipinski definition) is 2. The fourth-order valence-electron chi connectivity index (χ4n) is 4.62. The molecule has 4 rings (SSSR count). The zero-order valence-electron chi connectivity index (χ0n) is 17.5. The molecule has 2 aliphatic heterocycles. The molecule has 2 N–H and O–H groups in total. The number of carboxylic acid groups (broad SMARTS) is 1. The summed E-state index contributed by atoms with van der Waals surface area (Å²) in [7, 11) is 0. The van der Waals surface area contributed by atoms with Crippen LogP contribution in [0.4, 0.5) is 4.79 Å². The first-order valence-electron chi connectivity index (χ1n) is 10.4. The van der Waals surface area contributed by atoms with Crippen molar-refractivity contribution >= 4 is 18.0 Å². The number of ether oxygens (including phenoxy) is 1. The third-order valence-corrected chi connectivity index (χ3v) is 6.06. The Morgan fingerprint density at radius 1 is 1.29 bits per heavy atom. The number of nitrogens with zero attached hydrogens (tertiary/aromatic N) is 3. The standard InChI is InChI=1S/C22H26N4O5/c1-13(2)18(21(28)29)25-16(9-8-15-10-23-12-24-15)19(20(25)27)26-17(11-31-22(26)30)14-6-4-3-5-7-14/h3-7,10,12-13,16-19H,8-9,11H2,1-2H3,(H,23,24)(H,28,29)/t16?,17-,18?,19-/m0/s1. The van der Waals surface area contributed by atoms with Crippen molar-refractivity contribution in [2.75, 3.05) is 6.61 Å². The number of amides is 2. The number of cyclic esters (lactones) is 1. The summed E-state index contributed by atoms with van der Waals surface area (Å²) in [6, 6.07) is 6.87. The summed E-state index contributed by atoms with van der Waals surface area (Å²) in [5.41, 5.74) is 1.70. The van der Waals surface area contributed by atoms with Crippen LogP contribution in [-0.2, 0) is 20.7 Å². The maximum atomic E-state index is 13.3. The monoisotopic (exact) mass is 426 g/mol. The molecule has 1 aromatic heterocycles. The summed E-state index contributed by atoms with van der Waals surface area (Å²) in [5.74, 6) is -1.67. The number of likely N-dealkylation sites (tertiary alicyclic amines) is 1. The van der Waals surface area contributed by atoms with Crippen molar-refractivity contribution in [2.45, 2.75) is 50.9 Å². The van der Waals surface area contributed by atoms with Crippen molar-refractivity contribution < 1.29 is 24.2 Å². The molecular formula is C22H26N4O5. The summed E-state index contributed by atoms with van der Waals surface area (Å²) in [6.07, 6.45) is 3.84. The van der Waals surface area contributed by atoms with Crippen LogP contribution in [0.2, 0.25) is 0 Å². The first-order chi connectivity index (χ1) is 14.9. The molecule has 9 nitrogen and oxygen atoms in total. The van der Waals surface area contributed by atoms with Gasteiger partial charge in [-0.2, -0.15) is 0 Å². The third-order valence-electron chi connectivity index (χ3n) is 6.06. The van der Waals surface area contributed by atoms with E-state index in [0.717, 1.165) is 11.3 Å². The molecule has 2 unspecified atom stereocenters. The predicted molar refractivity (Wildman–Crippen MR) is 110 cm³/mol. The van der Waals surface area contributed by atoms with Crippen LogP contribution < -0.4 is 0 Å². The number of H-pyrrole nitrogens is 1. The predicted octanol–water partition coefficient (Wildman–Crippen LogP) is 2.22. The molecule has 9 heteroatoms. The fourth-order valence-corrected chi connectivity index (χ4v) is 4.62. The zero-order chi connectivity index (χ0) is 22.1. The van der Waals surface area contributed by atoms with Crippen molar-refractivity contribution in [3.63, 3.8) is 0 Å². The highest BCUT2D eigenvalue weighted by Crippen LogP contribution is 2.39. The van der Waals surface area contributed by atoms with E-state index in [1.807, 2.05) is 30.3 Å². The van der Waals surface area contributed by atoms with E-state index < -0.39 is 30.2 Å². The Labute approximate surface area is 180 Å². The normalized spacial score (nSPS) is 24.3. The number of hydrogen-bond acceptors (Lipinski definition) is 5. The molecule has 0 spiro atoms. The number of β-lactam (4-membered cyclic amide) rings is 1. The SMILES string of the molecule is CC(C)C(C(=O)O)N1C(=O)[C@@H](N2C(=O)OC[C@H]2c2ccccc2)C1CCc1c[nH]cn1. The van der Waals surface area contributed by atoms with Gasteiger partial charge in [-0.1, -0.05) is 44.2 Å². The van der Waals surface area contributed by atoms with Crippen LogP contribution in [-0.4, -0.2) is 67.6 Å². The Balaban J connectivity index is 1.64. The summed E-state index contributed by atoms with van der Waals surface area (Å²) >= 11 is 0. The quantitative estimate of drug-likeness (QED) is 0.626. The van der Waals surface area contributed by atoms with Crippen LogP contribution in [0.3, 0.4) is 0 Å². The van der Waals surface area contributed by atoms with Crippen LogP contribution in [0.25, 0.3) is 0 Å². The van der Waals surface area contributed by atoms with Crippen LogP contribution in [0.5, 0.6) is 0 Å². The molecule has 0 radical (unpaired) electrons. The highest BCUT2D eigenvalue weighted by atomic mass is 16.6. The fraction of sp³-hybridized carbons (Fsp3) is 0.455. The van der Waals surface area contributed by atoms with Crippen molar-refractivity contribution in [2.24, 2.45) is 5.92 Å². The van der Waals surface area contributed by atoms with E-state index in [9.17, 15) is 19.5 Å². The average Bonchev–Trinajstić information content (AvgIpc) is 3.39. The minimum Gasteiger partial charge on any atom is -0.480 e. The molecule has 0 saturated carbocycles. The molecule has 164 valence electrons. The lowest BCUT2D eigenvalue weighted by atomic mass is 9.84. The van der Waals surface area contributed by atoms with Gasteiger partial charge in [0, 0.05) is 6.20 Å². The van der Waals surface area contributed by atoms with Crippen LogP contribution in [0.15, 0.2) is 42.9 Å². The lowest BCUT2D eigenvalue weighted by Crippen LogP contribution is -2.75. The number of benzene rings is 1. The Bertz CT molecular complexity index is 946. The summed E-state index contributed by atoms with van der Waals surface area (Å²) in [6.45, 7) is 3.72. The van der Waals surface area contributed by atoms with Crippen LogP contribution in [0.1, 0.15) is 37.6 Å². The zero-order valence-corrected chi connectivity index (χ0v) is 17.5. The van der Waals surface area contributed by atoms with E-state index in [2.05, 4.69) is 9.97 Å². The number of carboxylic acids is 1. The molecule has 1 aromatic carbocycles. The maximum absolute atomic E-state index is 13.3. The molecule has 2 saturated heterocycles. The Kier molecular flexibility index (Phi) is 5.67. The Morgan fingerprint density at radius 2 is 2.03 bits per heavy atom. The van der Waals surface area contributed by atoms with Gasteiger partial charge in [0.25, 0.3) is 0 Å². The smallest absolute Gasteiger partial charge is 0.411 e. The number of carbonyl (C=O) groups is 3. The van der Waals surface area contributed by atoms with Gasteiger partial charge in [0.1, 0.15) is 18.7 Å². The van der Waals surface area contributed by atoms with Crippen LogP contribution >= 0.6 is 0 Å². The van der Waals surface area contributed by atoms with E-state index in [1.54, 1.807) is 26.4 Å². The highest BCUT2D eigenvalue weighted by Gasteiger charge is 2.58. The second kappa shape index (κ2) is 8.41. The molecule has 31 heavy (non-hydrogen) atoms. The number of aryl methyl sites for hydroxylation is 1. The average molecular weight is 426 g/mol. The second-order valence-corrected chi connectivity index (χ2v) is 8.29. The van der Waals surface area contributed by atoms with E-state index >= 15 is 0 Å². The summed E-state index contributed by atoms with van der Waals surface area (Å²) < 4.78 is 5.31. The molecule has 2 fully saturated rings. The second-order valence-electron chi connectivity index (χ2n) is 8.29. The van der Waals surface area contributed by atoms with Gasteiger partial charge in [-0.15, -0.1) is 0 Å².